The molecule has 0 aliphatic carbocycles. The molecule has 0 unspecified atom stereocenters. The van der Waals surface area contributed by atoms with Crippen LogP contribution < -0.4 is 0 Å². The molecule has 1 heterocycles. The first kappa shape index (κ1) is 13.3. The molecule has 90 valence electrons. The van der Waals surface area contributed by atoms with Gasteiger partial charge in [0.15, 0.2) is 5.16 Å². The Morgan fingerprint density at radius 3 is 2.38 bits per heavy atom. The fourth-order valence-electron chi connectivity index (χ4n) is 1.23. The molecule has 16 heavy (non-hydrogen) atoms. The van der Waals surface area contributed by atoms with Gasteiger partial charge in [-0.1, -0.05) is 25.6 Å². The molecule has 0 amide bonds. The first-order chi connectivity index (χ1) is 7.32. The summed E-state index contributed by atoms with van der Waals surface area (Å²) in [6.45, 7) is 3.88. The molecule has 6 heteroatoms. The van der Waals surface area contributed by atoms with Crippen molar-refractivity contribution in [2.75, 3.05) is 6.26 Å². The number of rotatable bonds is 3. The zero-order valence-corrected chi connectivity index (χ0v) is 10.1. The second kappa shape index (κ2) is 5.03. The van der Waals surface area contributed by atoms with Gasteiger partial charge in [-0.2, -0.15) is 13.2 Å². The van der Waals surface area contributed by atoms with E-state index in [4.69, 9.17) is 0 Å². The fourth-order valence-corrected chi connectivity index (χ4v) is 1.63. The Balaban J connectivity index is 3.11. The van der Waals surface area contributed by atoms with E-state index in [9.17, 15) is 13.2 Å². The molecule has 0 atom stereocenters. The largest absolute Gasteiger partial charge is 0.433 e. The van der Waals surface area contributed by atoms with Crippen molar-refractivity contribution in [3.8, 4) is 0 Å². The van der Waals surface area contributed by atoms with Gasteiger partial charge in [0.25, 0.3) is 0 Å². The molecule has 1 aromatic rings. The van der Waals surface area contributed by atoms with Gasteiger partial charge in [0, 0.05) is 5.69 Å². The molecule has 1 rings (SSSR count). The molecule has 0 saturated carbocycles. The number of hydrogen-bond donors (Lipinski definition) is 0. The van der Waals surface area contributed by atoms with Gasteiger partial charge in [-0.05, 0) is 24.7 Å². The Morgan fingerprint density at radius 2 is 1.94 bits per heavy atom. The van der Waals surface area contributed by atoms with Crippen LogP contribution in [-0.4, -0.2) is 16.2 Å². The molecule has 0 aliphatic rings. The van der Waals surface area contributed by atoms with E-state index in [1.54, 1.807) is 6.26 Å². The monoisotopic (exact) mass is 250 g/mol. The van der Waals surface area contributed by atoms with Crippen molar-refractivity contribution in [1.29, 1.82) is 0 Å². The second-order valence-corrected chi connectivity index (χ2v) is 4.60. The van der Waals surface area contributed by atoms with Crippen molar-refractivity contribution >= 4 is 11.8 Å². The van der Waals surface area contributed by atoms with Gasteiger partial charge in [0.1, 0.15) is 5.69 Å². The fraction of sp³-hybridized carbons (Fsp3) is 0.600. The van der Waals surface area contributed by atoms with Crippen LogP contribution in [0.25, 0.3) is 0 Å². The lowest BCUT2D eigenvalue weighted by Gasteiger charge is -2.10. The summed E-state index contributed by atoms with van der Waals surface area (Å²) < 4.78 is 37.6. The highest BCUT2D eigenvalue weighted by Crippen LogP contribution is 2.29. The molecular formula is C10H13F3N2S. The Bertz CT molecular complexity index is 364. The van der Waals surface area contributed by atoms with E-state index in [1.165, 1.54) is 0 Å². The first-order valence-electron chi connectivity index (χ1n) is 4.82. The lowest BCUT2D eigenvalue weighted by atomic mass is 10.1. The van der Waals surface area contributed by atoms with Gasteiger partial charge < -0.3 is 0 Å². The molecule has 1 aromatic heterocycles. The van der Waals surface area contributed by atoms with Gasteiger partial charge in [-0.3, -0.25) is 0 Å². The predicted molar refractivity (Wildman–Crippen MR) is 57.4 cm³/mol. The van der Waals surface area contributed by atoms with Crippen molar-refractivity contribution in [3.05, 3.63) is 17.5 Å². The molecule has 0 aromatic carbocycles. The number of hydrogen-bond acceptors (Lipinski definition) is 3. The molecule has 0 bridgehead atoms. The maximum Gasteiger partial charge on any atom is 0.433 e. The molecule has 0 fully saturated rings. The number of thioether (sulfide) groups is 1. The van der Waals surface area contributed by atoms with Crippen LogP contribution in [0.2, 0.25) is 0 Å². The normalized spacial score (nSPS) is 12.2. The van der Waals surface area contributed by atoms with E-state index >= 15 is 0 Å². The maximum atomic E-state index is 12.5. The van der Waals surface area contributed by atoms with Crippen LogP contribution >= 0.6 is 11.8 Å². The summed E-state index contributed by atoms with van der Waals surface area (Å²) in [4.78, 5) is 7.51. The Morgan fingerprint density at radius 1 is 1.31 bits per heavy atom. The van der Waals surface area contributed by atoms with Gasteiger partial charge >= 0.3 is 6.18 Å². The number of aromatic nitrogens is 2. The highest BCUT2D eigenvalue weighted by Gasteiger charge is 2.33. The van der Waals surface area contributed by atoms with Gasteiger partial charge in [-0.25, -0.2) is 9.97 Å². The Kier molecular flexibility index (Phi) is 4.18. The van der Waals surface area contributed by atoms with E-state index in [0.717, 1.165) is 17.8 Å². The molecule has 0 radical (unpaired) electrons. The standard InChI is InChI=1S/C10H13F3N2S/c1-6(2)4-7-5-8(10(11,12)13)15-9(14-7)16-3/h5-6H,4H2,1-3H3. The first-order valence-corrected chi connectivity index (χ1v) is 6.04. The summed E-state index contributed by atoms with van der Waals surface area (Å²) in [5.41, 5.74) is -0.413. The summed E-state index contributed by atoms with van der Waals surface area (Å²) in [6, 6.07) is 1.03. The van der Waals surface area contributed by atoms with Crippen LogP contribution in [-0.2, 0) is 12.6 Å². The zero-order valence-electron chi connectivity index (χ0n) is 9.30. The zero-order chi connectivity index (χ0) is 12.3. The van der Waals surface area contributed by atoms with Crippen LogP contribution in [0.5, 0.6) is 0 Å². The van der Waals surface area contributed by atoms with Gasteiger partial charge in [-0.15, -0.1) is 0 Å². The van der Waals surface area contributed by atoms with Crippen molar-refractivity contribution in [2.24, 2.45) is 5.92 Å². The quantitative estimate of drug-likeness (QED) is 0.607. The number of halogens is 3. The third-order valence-electron chi connectivity index (χ3n) is 1.85. The van der Waals surface area contributed by atoms with Gasteiger partial charge in [0.05, 0.1) is 0 Å². The molecule has 0 aliphatic heterocycles. The highest BCUT2D eigenvalue weighted by molar-refractivity contribution is 7.98. The van der Waals surface area contributed by atoms with Crippen LogP contribution in [0.4, 0.5) is 13.2 Å². The summed E-state index contributed by atoms with van der Waals surface area (Å²) >= 11 is 1.12. The SMILES string of the molecule is CSc1nc(CC(C)C)cc(C(F)(F)F)n1. The van der Waals surface area contributed by atoms with Crippen molar-refractivity contribution in [1.82, 2.24) is 9.97 Å². The summed E-state index contributed by atoms with van der Waals surface area (Å²) in [6.07, 6.45) is -2.22. The number of alkyl halides is 3. The summed E-state index contributed by atoms with van der Waals surface area (Å²) in [7, 11) is 0. The molecule has 0 spiro atoms. The van der Waals surface area contributed by atoms with E-state index < -0.39 is 11.9 Å². The molecule has 0 N–H and O–H groups in total. The van der Waals surface area contributed by atoms with Crippen molar-refractivity contribution in [3.63, 3.8) is 0 Å². The van der Waals surface area contributed by atoms with Crippen LogP contribution in [0, 0.1) is 5.92 Å². The minimum absolute atomic E-state index is 0.172. The Labute approximate surface area is 96.7 Å². The average molecular weight is 250 g/mol. The third-order valence-corrected chi connectivity index (χ3v) is 2.40. The second-order valence-electron chi connectivity index (χ2n) is 3.83. The minimum Gasteiger partial charge on any atom is -0.228 e. The maximum absolute atomic E-state index is 12.5. The highest BCUT2D eigenvalue weighted by atomic mass is 32.2. The minimum atomic E-state index is -4.40. The summed E-state index contributed by atoms with van der Waals surface area (Å²) in [5.74, 6) is 0.269. The van der Waals surface area contributed by atoms with Crippen molar-refractivity contribution in [2.45, 2.75) is 31.6 Å². The summed E-state index contributed by atoms with van der Waals surface area (Å²) in [5, 5.41) is 0.172. The predicted octanol–water partition coefficient (Wildman–Crippen LogP) is 3.42. The number of nitrogens with zero attached hydrogens (tertiary/aromatic N) is 2. The van der Waals surface area contributed by atoms with E-state index in [0.29, 0.717) is 12.1 Å². The Hall–Kier alpha value is -0.780. The van der Waals surface area contributed by atoms with Crippen LogP contribution in [0.3, 0.4) is 0 Å². The van der Waals surface area contributed by atoms with Crippen molar-refractivity contribution < 1.29 is 13.2 Å². The smallest absolute Gasteiger partial charge is 0.228 e. The third kappa shape index (κ3) is 3.66. The van der Waals surface area contributed by atoms with E-state index in [-0.39, 0.29) is 11.1 Å². The van der Waals surface area contributed by atoms with Gasteiger partial charge in [0.2, 0.25) is 0 Å². The molecular weight excluding hydrogens is 237 g/mol. The molecule has 0 saturated heterocycles. The van der Waals surface area contributed by atoms with E-state index in [1.807, 2.05) is 13.8 Å². The van der Waals surface area contributed by atoms with Crippen LogP contribution in [0.15, 0.2) is 11.2 Å². The van der Waals surface area contributed by atoms with Crippen LogP contribution in [0.1, 0.15) is 25.2 Å². The van der Waals surface area contributed by atoms with E-state index in [2.05, 4.69) is 9.97 Å². The molecule has 2 nitrogen and oxygen atoms in total. The lowest BCUT2D eigenvalue weighted by Crippen LogP contribution is -2.11. The topological polar surface area (TPSA) is 25.8 Å². The lowest BCUT2D eigenvalue weighted by molar-refractivity contribution is -0.141. The average Bonchev–Trinajstić information content (AvgIpc) is 2.14.